The fraction of sp³-hybridized carbons (Fsp3) is 0.231. The molecule has 4 bridgehead atoms. The van der Waals surface area contributed by atoms with Crippen molar-refractivity contribution in [2.45, 2.75) is 51.4 Å². The summed E-state index contributed by atoms with van der Waals surface area (Å²) in [6.45, 7) is 4.30. The summed E-state index contributed by atoms with van der Waals surface area (Å²) in [5.41, 5.74) is 16.4. The highest BCUT2D eigenvalue weighted by atomic mass is 15.0. The summed E-state index contributed by atoms with van der Waals surface area (Å²) in [6.07, 6.45) is 6.72. The van der Waals surface area contributed by atoms with E-state index in [1.807, 2.05) is 42.5 Å². The lowest BCUT2D eigenvalue weighted by molar-refractivity contribution is -0.0399. The zero-order chi connectivity index (χ0) is 37.5. The first kappa shape index (κ1) is 33.2. The maximum Gasteiger partial charge on any atom is 0.164 e. The van der Waals surface area contributed by atoms with E-state index in [-0.39, 0.29) is 5.41 Å². The average molecular weight is 723 g/mol. The van der Waals surface area contributed by atoms with Gasteiger partial charge in [-0.1, -0.05) is 109 Å². The van der Waals surface area contributed by atoms with Crippen molar-refractivity contribution < 1.29 is 0 Å². The normalized spacial score (nSPS) is 22.5. The molecule has 1 aromatic heterocycles. The van der Waals surface area contributed by atoms with Crippen LogP contribution in [-0.4, -0.2) is 15.0 Å². The molecule has 270 valence electrons. The third-order valence-corrected chi connectivity index (χ3v) is 13.9. The average Bonchev–Trinajstić information content (AvgIpc) is 3.53. The molecule has 1 spiro atoms. The first-order valence-electron chi connectivity index (χ1n) is 20.2. The molecule has 0 N–H and O–H groups in total. The molecule has 5 aliphatic carbocycles. The van der Waals surface area contributed by atoms with Crippen LogP contribution in [0.4, 0.5) is 0 Å². The van der Waals surface area contributed by atoms with Gasteiger partial charge in [-0.3, -0.25) is 0 Å². The van der Waals surface area contributed by atoms with Crippen LogP contribution in [0.2, 0.25) is 0 Å². The van der Waals surface area contributed by atoms with E-state index < -0.39 is 0 Å². The Bertz CT molecular complexity index is 2710. The summed E-state index contributed by atoms with van der Waals surface area (Å²) < 4.78 is 0. The van der Waals surface area contributed by atoms with Crippen LogP contribution in [0.5, 0.6) is 0 Å². The molecular formula is C52H42N4. The fourth-order valence-electron chi connectivity index (χ4n) is 11.4. The topological polar surface area (TPSA) is 62.5 Å². The van der Waals surface area contributed by atoms with Gasteiger partial charge in [0.05, 0.1) is 11.6 Å². The summed E-state index contributed by atoms with van der Waals surface area (Å²) in [4.78, 5) is 15.5. The van der Waals surface area contributed by atoms with Gasteiger partial charge in [0.2, 0.25) is 0 Å². The number of fused-ring (bicyclic) bond motifs is 3. The quantitative estimate of drug-likeness (QED) is 0.177. The van der Waals surface area contributed by atoms with Gasteiger partial charge in [-0.15, -0.1) is 0 Å². The van der Waals surface area contributed by atoms with Gasteiger partial charge in [-0.25, -0.2) is 15.0 Å². The van der Waals surface area contributed by atoms with E-state index in [2.05, 4.69) is 111 Å². The van der Waals surface area contributed by atoms with E-state index in [9.17, 15) is 5.26 Å². The maximum absolute atomic E-state index is 9.72. The Morgan fingerprint density at radius 3 is 1.75 bits per heavy atom. The zero-order valence-electron chi connectivity index (χ0n) is 31.8. The second kappa shape index (κ2) is 12.7. The van der Waals surface area contributed by atoms with E-state index in [1.54, 1.807) is 0 Å². The third kappa shape index (κ3) is 5.07. The largest absolute Gasteiger partial charge is 0.208 e. The van der Waals surface area contributed by atoms with Crippen LogP contribution >= 0.6 is 0 Å². The van der Waals surface area contributed by atoms with Gasteiger partial charge in [-0.2, -0.15) is 5.26 Å². The molecule has 1 heterocycles. The number of benzene rings is 6. The molecule has 0 saturated heterocycles. The highest BCUT2D eigenvalue weighted by molar-refractivity contribution is 5.87. The standard InChI is InChI=1S/C52H42N4/c1-31-12-13-39(22-32(31)2)50-54-49(37-8-4-3-5-9-37)55-51(56-50)40-18-20-45-46-28-38(35-14-16-36(17-15-35)44-11-7-6-10-41(44)30-53)19-21-47(46)52(48(45)29-40)42-24-33-23-34(26-42)27-43(52)25-33/h3-22,28-29,33-34,42-43H,23-27H2,1-2H3. The van der Waals surface area contributed by atoms with E-state index in [0.717, 1.165) is 45.5 Å². The molecule has 4 fully saturated rings. The summed E-state index contributed by atoms with van der Waals surface area (Å²) in [6, 6.07) is 50.1. The molecule has 6 aromatic carbocycles. The summed E-state index contributed by atoms with van der Waals surface area (Å²) >= 11 is 0. The van der Waals surface area contributed by atoms with E-state index >= 15 is 0 Å². The van der Waals surface area contributed by atoms with Gasteiger partial charge in [0.1, 0.15) is 0 Å². The molecule has 4 saturated carbocycles. The van der Waals surface area contributed by atoms with E-state index in [0.29, 0.717) is 29.0 Å². The van der Waals surface area contributed by atoms with Gasteiger partial charge >= 0.3 is 0 Å². The van der Waals surface area contributed by atoms with Crippen molar-refractivity contribution in [1.29, 1.82) is 5.26 Å². The first-order chi connectivity index (χ1) is 27.5. The van der Waals surface area contributed by atoms with Gasteiger partial charge in [0, 0.05) is 22.1 Å². The summed E-state index contributed by atoms with van der Waals surface area (Å²) in [5, 5.41) is 9.72. The molecule has 5 aliphatic rings. The second-order valence-corrected chi connectivity index (χ2v) is 16.9. The number of nitrogens with zero attached hydrogens (tertiary/aromatic N) is 4. The minimum atomic E-state index is 0.00365. The highest BCUT2D eigenvalue weighted by Crippen LogP contribution is 2.69. The van der Waals surface area contributed by atoms with Crippen molar-refractivity contribution in [3.8, 4) is 73.6 Å². The Labute approximate surface area is 329 Å². The van der Waals surface area contributed by atoms with Gasteiger partial charge in [0.15, 0.2) is 17.5 Å². The zero-order valence-corrected chi connectivity index (χ0v) is 31.8. The Kier molecular flexibility index (Phi) is 7.52. The predicted octanol–water partition coefficient (Wildman–Crippen LogP) is 12.4. The molecule has 56 heavy (non-hydrogen) atoms. The molecule has 0 amide bonds. The van der Waals surface area contributed by atoms with Crippen molar-refractivity contribution in [1.82, 2.24) is 15.0 Å². The van der Waals surface area contributed by atoms with E-state index in [4.69, 9.17) is 15.0 Å². The van der Waals surface area contributed by atoms with Gasteiger partial charge in [0.25, 0.3) is 0 Å². The lowest BCUT2D eigenvalue weighted by Gasteiger charge is -2.61. The van der Waals surface area contributed by atoms with Crippen LogP contribution in [0.1, 0.15) is 59.9 Å². The van der Waals surface area contributed by atoms with Crippen LogP contribution in [0.15, 0.2) is 133 Å². The molecule has 0 aliphatic heterocycles. The molecule has 4 nitrogen and oxygen atoms in total. The van der Waals surface area contributed by atoms with Crippen molar-refractivity contribution in [2.24, 2.45) is 23.7 Å². The number of aromatic nitrogens is 3. The van der Waals surface area contributed by atoms with Gasteiger partial charge in [-0.05, 0) is 150 Å². The van der Waals surface area contributed by atoms with Crippen LogP contribution < -0.4 is 0 Å². The minimum absolute atomic E-state index is 0.00365. The smallest absolute Gasteiger partial charge is 0.164 e. The van der Waals surface area contributed by atoms with Crippen LogP contribution in [0.3, 0.4) is 0 Å². The first-order valence-corrected chi connectivity index (χ1v) is 20.2. The predicted molar refractivity (Wildman–Crippen MR) is 224 cm³/mol. The third-order valence-electron chi connectivity index (χ3n) is 13.9. The lowest BCUT2D eigenvalue weighted by Crippen LogP contribution is -2.55. The van der Waals surface area contributed by atoms with Crippen LogP contribution in [-0.2, 0) is 5.41 Å². The Morgan fingerprint density at radius 2 is 1.05 bits per heavy atom. The fourth-order valence-corrected chi connectivity index (χ4v) is 11.4. The van der Waals surface area contributed by atoms with Crippen molar-refractivity contribution in [2.75, 3.05) is 0 Å². The Morgan fingerprint density at radius 1 is 0.464 bits per heavy atom. The summed E-state index contributed by atoms with van der Waals surface area (Å²) in [7, 11) is 0. The molecule has 0 atom stereocenters. The number of aryl methyl sites for hydroxylation is 2. The maximum atomic E-state index is 9.72. The highest BCUT2D eigenvalue weighted by Gasteiger charge is 2.61. The minimum Gasteiger partial charge on any atom is -0.208 e. The molecule has 0 radical (unpaired) electrons. The van der Waals surface area contributed by atoms with Crippen molar-refractivity contribution in [3.05, 3.63) is 161 Å². The SMILES string of the molecule is Cc1ccc(-c2nc(-c3ccccc3)nc(-c3ccc4c(c3)C3(c5ccc(-c6ccc(-c7ccccc7C#N)cc6)cc5-4)C4CC5CC(C4)CC3C5)n2)cc1C. The van der Waals surface area contributed by atoms with Crippen LogP contribution in [0.25, 0.3) is 67.5 Å². The Balaban J connectivity index is 1.06. The molecular weight excluding hydrogens is 681 g/mol. The van der Waals surface area contributed by atoms with E-state index in [1.165, 1.54) is 76.6 Å². The number of nitriles is 1. The second-order valence-electron chi connectivity index (χ2n) is 16.9. The van der Waals surface area contributed by atoms with Gasteiger partial charge < -0.3 is 0 Å². The molecule has 4 heteroatoms. The van der Waals surface area contributed by atoms with Crippen LogP contribution in [0, 0.1) is 48.9 Å². The molecule has 0 unspecified atom stereocenters. The Hall–Kier alpha value is -6.18. The molecule has 12 rings (SSSR count). The number of hydrogen-bond acceptors (Lipinski definition) is 4. The molecule has 7 aromatic rings. The van der Waals surface area contributed by atoms with Crippen molar-refractivity contribution in [3.63, 3.8) is 0 Å². The lowest BCUT2D eigenvalue weighted by atomic mass is 9.43. The number of hydrogen-bond donors (Lipinski definition) is 0. The summed E-state index contributed by atoms with van der Waals surface area (Å²) in [5.74, 6) is 5.14. The monoisotopic (exact) mass is 722 g/mol. The van der Waals surface area contributed by atoms with Crippen molar-refractivity contribution >= 4 is 0 Å². The number of rotatable bonds is 5.